The van der Waals surface area contributed by atoms with Crippen LogP contribution in [0.5, 0.6) is 0 Å². The third-order valence-electron chi connectivity index (χ3n) is 3.00. The molecule has 21 heavy (non-hydrogen) atoms. The van der Waals surface area contributed by atoms with Crippen LogP contribution in [-0.4, -0.2) is 29.2 Å². The molecule has 4 nitrogen and oxygen atoms in total. The van der Waals surface area contributed by atoms with Crippen LogP contribution in [0.15, 0.2) is 36.9 Å². The largest absolute Gasteiger partial charge is 0.480 e. The van der Waals surface area contributed by atoms with Gasteiger partial charge in [-0.1, -0.05) is 43.8 Å². The Kier molecular flexibility index (Phi) is 5.12. The lowest BCUT2D eigenvalue weighted by atomic mass is 9.89. The number of carboxylic acids is 1. The summed E-state index contributed by atoms with van der Waals surface area (Å²) in [6.07, 6.45) is -5.14. The second kappa shape index (κ2) is 6.43. The summed E-state index contributed by atoms with van der Waals surface area (Å²) in [5, 5.41) is 10.5. The molecule has 7 heteroatoms. The van der Waals surface area contributed by atoms with Crippen LogP contribution in [0.4, 0.5) is 13.2 Å². The van der Waals surface area contributed by atoms with Gasteiger partial charge in [-0.05, 0) is 11.1 Å². The van der Waals surface area contributed by atoms with Crippen LogP contribution in [0.1, 0.15) is 12.5 Å². The van der Waals surface area contributed by atoms with E-state index in [1.807, 2.05) is 0 Å². The fourth-order valence-corrected chi connectivity index (χ4v) is 1.74. The highest BCUT2D eigenvalue weighted by Crippen LogP contribution is 2.25. The Hall–Kier alpha value is -2.31. The highest BCUT2D eigenvalue weighted by molar-refractivity contribution is 5.88. The summed E-state index contributed by atoms with van der Waals surface area (Å²) < 4.78 is 36.7. The molecule has 0 heterocycles. The smallest absolute Gasteiger partial charge is 0.471 e. The number of rotatable bonds is 5. The lowest BCUT2D eigenvalue weighted by Crippen LogP contribution is -2.50. The predicted octanol–water partition coefficient (Wildman–Crippen LogP) is 2.47. The van der Waals surface area contributed by atoms with E-state index in [1.165, 1.54) is 12.2 Å². The molecule has 0 radical (unpaired) electrons. The number of amides is 1. The van der Waals surface area contributed by atoms with Crippen LogP contribution in [-0.2, 0) is 9.59 Å². The minimum absolute atomic E-state index is 0.325. The number of halogens is 3. The topological polar surface area (TPSA) is 66.4 Å². The van der Waals surface area contributed by atoms with Crippen LogP contribution in [0, 0.1) is 5.92 Å². The Bertz CT molecular complexity index is 540. The van der Waals surface area contributed by atoms with Crippen LogP contribution in [0.3, 0.4) is 0 Å². The molecule has 0 spiro atoms. The number of carbonyl (C=O) groups is 2. The SMILES string of the molecule is C=C(c1ccccc1)[C@@H](C)[C@H](NC(=O)C(F)(F)F)C(=O)O. The summed E-state index contributed by atoms with van der Waals surface area (Å²) in [6, 6.07) is 6.72. The van der Waals surface area contributed by atoms with Gasteiger partial charge >= 0.3 is 18.1 Å². The van der Waals surface area contributed by atoms with Crippen LogP contribution in [0.25, 0.3) is 5.57 Å². The Morgan fingerprint density at radius 3 is 2.19 bits per heavy atom. The van der Waals surface area contributed by atoms with Gasteiger partial charge in [0, 0.05) is 5.92 Å². The normalized spacial score (nSPS) is 14.1. The average Bonchev–Trinajstić information content (AvgIpc) is 2.42. The fourth-order valence-electron chi connectivity index (χ4n) is 1.74. The van der Waals surface area contributed by atoms with Crippen LogP contribution >= 0.6 is 0 Å². The molecule has 2 atom stereocenters. The zero-order valence-corrected chi connectivity index (χ0v) is 11.1. The maximum Gasteiger partial charge on any atom is 0.471 e. The fraction of sp³-hybridized carbons (Fsp3) is 0.286. The molecule has 0 bridgehead atoms. The molecule has 0 aromatic heterocycles. The quantitative estimate of drug-likeness (QED) is 0.878. The lowest BCUT2D eigenvalue weighted by molar-refractivity contribution is -0.175. The Morgan fingerprint density at radius 2 is 1.76 bits per heavy atom. The first-order chi connectivity index (χ1) is 9.64. The zero-order valence-electron chi connectivity index (χ0n) is 11.1. The van der Waals surface area contributed by atoms with Gasteiger partial charge in [0.05, 0.1) is 0 Å². The summed E-state index contributed by atoms with van der Waals surface area (Å²) in [7, 11) is 0. The van der Waals surface area contributed by atoms with E-state index in [-0.39, 0.29) is 0 Å². The molecule has 0 aliphatic heterocycles. The van der Waals surface area contributed by atoms with Crippen molar-refractivity contribution in [2.75, 3.05) is 0 Å². The molecule has 1 amide bonds. The maximum atomic E-state index is 12.2. The molecule has 1 aromatic rings. The summed E-state index contributed by atoms with van der Waals surface area (Å²) in [6.45, 7) is 5.10. The molecule has 2 N–H and O–H groups in total. The van der Waals surface area contributed by atoms with Crippen molar-refractivity contribution in [3.8, 4) is 0 Å². The van der Waals surface area contributed by atoms with Gasteiger partial charge in [-0.15, -0.1) is 0 Å². The van der Waals surface area contributed by atoms with Crippen molar-refractivity contribution in [1.29, 1.82) is 0 Å². The van der Waals surface area contributed by atoms with E-state index in [2.05, 4.69) is 6.58 Å². The highest BCUT2D eigenvalue weighted by Gasteiger charge is 2.42. The monoisotopic (exact) mass is 301 g/mol. The van der Waals surface area contributed by atoms with Gasteiger partial charge in [-0.25, -0.2) is 4.79 Å². The summed E-state index contributed by atoms with van der Waals surface area (Å²) >= 11 is 0. The van der Waals surface area contributed by atoms with E-state index >= 15 is 0 Å². The second-order valence-electron chi connectivity index (χ2n) is 4.47. The number of nitrogens with one attached hydrogen (secondary N) is 1. The summed E-state index contributed by atoms with van der Waals surface area (Å²) in [4.78, 5) is 22.0. The van der Waals surface area contributed by atoms with E-state index in [1.54, 1.807) is 30.3 Å². The molecule has 1 aromatic carbocycles. The second-order valence-corrected chi connectivity index (χ2v) is 4.47. The molecule has 114 valence electrons. The Balaban J connectivity index is 2.93. The van der Waals surface area contributed by atoms with Crippen LogP contribution in [0.2, 0.25) is 0 Å². The lowest BCUT2D eigenvalue weighted by Gasteiger charge is -2.24. The standard InChI is InChI=1S/C14H14F3NO3/c1-8(10-6-4-3-5-7-10)9(2)11(12(19)20)18-13(21)14(15,16)17/h3-7,9,11H,1H2,2H3,(H,18,21)(H,19,20)/t9-,11+/m1/s1. The molecule has 0 aliphatic carbocycles. The predicted molar refractivity (Wildman–Crippen MR) is 70.3 cm³/mol. The number of carboxylic acid groups (broad SMARTS) is 1. The summed E-state index contributed by atoms with van der Waals surface area (Å²) in [5.41, 5.74) is 0.919. The van der Waals surface area contributed by atoms with E-state index in [4.69, 9.17) is 5.11 Å². The Labute approximate surface area is 119 Å². The van der Waals surface area contributed by atoms with Crippen molar-refractivity contribution in [3.63, 3.8) is 0 Å². The number of aliphatic carboxylic acids is 1. The van der Waals surface area contributed by atoms with E-state index in [0.717, 1.165) is 0 Å². The first-order valence-electron chi connectivity index (χ1n) is 5.99. The molecule has 0 saturated heterocycles. The molecule has 0 saturated carbocycles. The number of benzene rings is 1. The minimum Gasteiger partial charge on any atom is -0.480 e. The first kappa shape index (κ1) is 16.7. The number of carbonyl (C=O) groups excluding carboxylic acids is 1. The molecule has 0 aliphatic rings. The van der Waals surface area contributed by atoms with Crippen LogP contribution < -0.4 is 5.32 Å². The number of hydrogen-bond donors (Lipinski definition) is 2. The molecule has 0 unspecified atom stereocenters. The third kappa shape index (κ3) is 4.34. The van der Waals surface area contributed by atoms with Gasteiger partial charge in [0.25, 0.3) is 0 Å². The van der Waals surface area contributed by atoms with Crippen molar-refractivity contribution in [3.05, 3.63) is 42.5 Å². The van der Waals surface area contributed by atoms with Gasteiger partial charge in [-0.2, -0.15) is 13.2 Å². The van der Waals surface area contributed by atoms with Crippen molar-refractivity contribution in [2.45, 2.75) is 19.1 Å². The van der Waals surface area contributed by atoms with Gasteiger partial charge in [0.1, 0.15) is 6.04 Å². The van der Waals surface area contributed by atoms with Crippen molar-refractivity contribution in [1.82, 2.24) is 5.32 Å². The Morgan fingerprint density at radius 1 is 1.24 bits per heavy atom. The van der Waals surface area contributed by atoms with Crippen molar-refractivity contribution >= 4 is 17.4 Å². The molecular formula is C14H14F3NO3. The first-order valence-corrected chi connectivity index (χ1v) is 5.99. The van der Waals surface area contributed by atoms with E-state index < -0.39 is 30.0 Å². The van der Waals surface area contributed by atoms with Gasteiger partial charge < -0.3 is 10.4 Å². The zero-order chi connectivity index (χ0) is 16.2. The van der Waals surface area contributed by atoms with Gasteiger partial charge in [-0.3, -0.25) is 4.79 Å². The van der Waals surface area contributed by atoms with Gasteiger partial charge in [0.2, 0.25) is 0 Å². The molecular weight excluding hydrogens is 287 g/mol. The molecule has 1 rings (SSSR count). The number of hydrogen-bond acceptors (Lipinski definition) is 2. The van der Waals surface area contributed by atoms with Crippen molar-refractivity contribution < 1.29 is 27.9 Å². The minimum atomic E-state index is -5.14. The summed E-state index contributed by atoms with van der Waals surface area (Å²) in [5.74, 6) is -4.75. The van der Waals surface area contributed by atoms with E-state index in [0.29, 0.717) is 11.1 Å². The third-order valence-corrected chi connectivity index (χ3v) is 3.00. The highest BCUT2D eigenvalue weighted by atomic mass is 19.4. The molecule has 0 fully saturated rings. The van der Waals surface area contributed by atoms with Gasteiger partial charge in [0.15, 0.2) is 0 Å². The van der Waals surface area contributed by atoms with E-state index in [9.17, 15) is 22.8 Å². The average molecular weight is 301 g/mol. The maximum absolute atomic E-state index is 12.2. The number of alkyl halides is 3. The van der Waals surface area contributed by atoms with Crippen molar-refractivity contribution in [2.24, 2.45) is 5.92 Å².